The minimum absolute atomic E-state index is 0.546. The highest BCUT2D eigenvalue weighted by atomic mass is 16.5. The Morgan fingerprint density at radius 2 is 1.86 bits per heavy atom. The summed E-state index contributed by atoms with van der Waals surface area (Å²) in [6.45, 7) is 8.12. The van der Waals surface area contributed by atoms with Crippen molar-refractivity contribution in [2.45, 2.75) is 26.9 Å². The Hall–Kier alpha value is -2.00. The van der Waals surface area contributed by atoms with Gasteiger partial charge in [0.25, 0.3) is 0 Å². The summed E-state index contributed by atoms with van der Waals surface area (Å²) in [5.74, 6) is 0.762. The average molecular weight is 299 g/mol. The van der Waals surface area contributed by atoms with E-state index in [1.54, 1.807) is 0 Å². The van der Waals surface area contributed by atoms with Gasteiger partial charge in [-0.3, -0.25) is 0 Å². The minimum Gasteiger partial charge on any atom is -0.493 e. The SMILES string of the molecule is CCOc1ccccc1C(O)CN(CC)c1cccc(C)c1. The van der Waals surface area contributed by atoms with Crippen molar-refractivity contribution in [1.82, 2.24) is 0 Å². The van der Waals surface area contributed by atoms with Gasteiger partial charge >= 0.3 is 0 Å². The first-order valence-electron chi connectivity index (χ1n) is 7.87. The number of benzene rings is 2. The van der Waals surface area contributed by atoms with Gasteiger partial charge in [0.1, 0.15) is 11.9 Å². The van der Waals surface area contributed by atoms with Gasteiger partial charge in [0.15, 0.2) is 0 Å². The van der Waals surface area contributed by atoms with Crippen LogP contribution in [0.25, 0.3) is 0 Å². The van der Waals surface area contributed by atoms with Crippen molar-refractivity contribution in [2.75, 3.05) is 24.6 Å². The first kappa shape index (κ1) is 16.4. The molecule has 1 unspecified atom stereocenters. The lowest BCUT2D eigenvalue weighted by Gasteiger charge is -2.27. The van der Waals surface area contributed by atoms with Crippen LogP contribution in [-0.4, -0.2) is 24.8 Å². The summed E-state index contributed by atoms with van der Waals surface area (Å²) in [5.41, 5.74) is 3.20. The van der Waals surface area contributed by atoms with E-state index in [9.17, 15) is 5.11 Å². The van der Waals surface area contributed by atoms with Gasteiger partial charge in [-0.1, -0.05) is 30.3 Å². The number of hydrogen-bond acceptors (Lipinski definition) is 3. The van der Waals surface area contributed by atoms with Gasteiger partial charge in [0.05, 0.1) is 6.61 Å². The van der Waals surface area contributed by atoms with Crippen LogP contribution in [0.1, 0.15) is 31.1 Å². The van der Waals surface area contributed by atoms with Crippen molar-refractivity contribution in [1.29, 1.82) is 0 Å². The van der Waals surface area contributed by atoms with Gasteiger partial charge in [-0.25, -0.2) is 0 Å². The first-order chi connectivity index (χ1) is 10.7. The fraction of sp³-hybridized carbons (Fsp3) is 0.368. The van der Waals surface area contributed by atoms with Crippen molar-refractivity contribution >= 4 is 5.69 Å². The molecule has 0 amide bonds. The molecule has 22 heavy (non-hydrogen) atoms. The highest BCUT2D eigenvalue weighted by Crippen LogP contribution is 2.27. The van der Waals surface area contributed by atoms with E-state index in [4.69, 9.17) is 4.74 Å². The number of para-hydroxylation sites is 1. The van der Waals surface area contributed by atoms with E-state index in [0.717, 1.165) is 23.5 Å². The van der Waals surface area contributed by atoms with E-state index < -0.39 is 6.10 Å². The molecule has 0 spiro atoms. The second-order valence-electron chi connectivity index (χ2n) is 5.36. The van der Waals surface area contributed by atoms with Crippen LogP contribution in [0.15, 0.2) is 48.5 Å². The minimum atomic E-state index is -0.580. The van der Waals surface area contributed by atoms with Crippen molar-refractivity contribution in [3.05, 3.63) is 59.7 Å². The van der Waals surface area contributed by atoms with E-state index in [1.165, 1.54) is 5.56 Å². The predicted molar refractivity (Wildman–Crippen MR) is 91.6 cm³/mol. The fourth-order valence-electron chi connectivity index (χ4n) is 2.59. The second kappa shape index (κ2) is 7.85. The average Bonchev–Trinajstić information content (AvgIpc) is 2.53. The number of aliphatic hydroxyl groups is 1. The molecule has 0 radical (unpaired) electrons. The van der Waals surface area contributed by atoms with Crippen molar-refractivity contribution in [3.8, 4) is 5.75 Å². The Balaban J connectivity index is 2.17. The quantitative estimate of drug-likeness (QED) is 0.840. The topological polar surface area (TPSA) is 32.7 Å². The molecule has 0 heterocycles. The molecule has 0 bridgehead atoms. The molecule has 0 aromatic heterocycles. The van der Waals surface area contributed by atoms with Crippen LogP contribution in [0.5, 0.6) is 5.75 Å². The maximum absolute atomic E-state index is 10.6. The highest BCUT2D eigenvalue weighted by Gasteiger charge is 2.16. The number of hydrogen-bond donors (Lipinski definition) is 1. The van der Waals surface area contributed by atoms with E-state index in [0.29, 0.717) is 13.2 Å². The van der Waals surface area contributed by atoms with Gasteiger partial charge in [0.2, 0.25) is 0 Å². The molecule has 0 saturated carbocycles. The molecule has 2 aromatic rings. The zero-order chi connectivity index (χ0) is 15.9. The first-order valence-corrected chi connectivity index (χ1v) is 7.87. The number of anilines is 1. The van der Waals surface area contributed by atoms with Crippen LogP contribution < -0.4 is 9.64 Å². The molecule has 118 valence electrons. The Morgan fingerprint density at radius 1 is 1.09 bits per heavy atom. The van der Waals surface area contributed by atoms with Gasteiger partial charge in [-0.05, 0) is 44.5 Å². The van der Waals surface area contributed by atoms with Crippen LogP contribution in [0.2, 0.25) is 0 Å². The number of aliphatic hydroxyl groups excluding tert-OH is 1. The Kier molecular flexibility index (Phi) is 5.84. The van der Waals surface area contributed by atoms with E-state index in [-0.39, 0.29) is 0 Å². The van der Waals surface area contributed by atoms with Crippen LogP contribution >= 0.6 is 0 Å². The Labute approximate surface area is 133 Å². The summed E-state index contributed by atoms with van der Waals surface area (Å²) < 4.78 is 5.62. The molecule has 0 aliphatic heterocycles. The summed E-state index contributed by atoms with van der Waals surface area (Å²) in [5, 5.41) is 10.6. The van der Waals surface area contributed by atoms with Crippen LogP contribution in [0.4, 0.5) is 5.69 Å². The van der Waals surface area contributed by atoms with Crippen molar-refractivity contribution in [3.63, 3.8) is 0 Å². The van der Waals surface area contributed by atoms with Gasteiger partial charge < -0.3 is 14.7 Å². The third-order valence-corrected chi connectivity index (χ3v) is 3.72. The number of ether oxygens (including phenoxy) is 1. The lowest BCUT2D eigenvalue weighted by molar-refractivity contribution is 0.177. The molecule has 3 nitrogen and oxygen atoms in total. The third-order valence-electron chi connectivity index (χ3n) is 3.72. The van der Waals surface area contributed by atoms with Crippen LogP contribution in [-0.2, 0) is 0 Å². The molecule has 0 aliphatic carbocycles. The monoisotopic (exact) mass is 299 g/mol. The largest absolute Gasteiger partial charge is 0.493 e. The maximum atomic E-state index is 10.6. The normalized spacial score (nSPS) is 12.0. The van der Waals surface area contributed by atoms with Gasteiger partial charge in [0, 0.05) is 24.3 Å². The van der Waals surface area contributed by atoms with Crippen LogP contribution in [0, 0.1) is 6.92 Å². The van der Waals surface area contributed by atoms with Crippen molar-refractivity contribution in [2.24, 2.45) is 0 Å². The van der Waals surface area contributed by atoms with Crippen LogP contribution in [0.3, 0.4) is 0 Å². The predicted octanol–water partition coefficient (Wildman–Crippen LogP) is 3.95. The summed E-state index contributed by atoms with van der Waals surface area (Å²) in [6, 6.07) is 16.1. The van der Waals surface area contributed by atoms with Gasteiger partial charge in [-0.15, -0.1) is 0 Å². The number of nitrogens with zero attached hydrogens (tertiary/aromatic N) is 1. The molecule has 2 rings (SSSR count). The van der Waals surface area contributed by atoms with Gasteiger partial charge in [-0.2, -0.15) is 0 Å². The fourth-order valence-corrected chi connectivity index (χ4v) is 2.59. The van der Waals surface area contributed by atoms with E-state index in [2.05, 4.69) is 36.9 Å². The lowest BCUT2D eigenvalue weighted by Crippen LogP contribution is -2.28. The maximum Gasteiger partial charge on any atom is 0.125 e. The summed E-state index contributed by atoms with van der Waals surface area (Å²) >= 11 is 0. The standard InChI is InChI=1S/C19H25NO2/c1-4-20(16-10-8-9-15(3)13-16)14-18(21)17-11-6-7-12-19(17)22-5-2/h6-13,18,21H,4-5,14H2,1-3H3. The summed E-state index contributed by atoms with van der Waals surface area (Å²) in [6.07, 6.45) is -0.580. The molecule has 1 N–H and O–H groups in total. The molecule has 0 aliphatic rings. The number of likely N-dealkylation sites (N-methyl/N-ethyl adjacent to an activating group) is 1. The number of aryl methyl sites for hydroxylation is 1. The zero-order valence-electron chi connectivity index (χ0n) is 13.6. The van der Waals surface area contributed by atoms with E-state index >= 15 is 0 Å². The van der Waals surface area contributed by atoms with Crippen molar-refractivity contribution < 1.29 is 9.84 Å². The highest BCUT2D eigenvalue weighted by molar-refractivity contribution is 5.49. The Bertz CT molecular complexity index is 597. The molecule has 3 heteroatoms. The molecule has 0 fully saturated rings. The summed E-state index contributed by atoms with van der Waals surface area (Å²) in [7, 11) is 0. The second-order valence-corrected chi connectivity index (χ2v) is 5.36. The summed E-state index contributed by atoms with van der Waals surface area (Å²) in [4.78, 5) is 2.18. The molecular weight excluding hydrogens is 274 g/mol. The molecular formula is C19H25NO2. The molecule has 1 atom stereocenters. The Morgan fingerprint density at radius 3 is 2.55 bits per heavy atom. The molecule has 2 aromatic carbocycles. The molecule has 0 saturated heterocycles. The smallest absolute Gasteiger partial charge is 0.125 e. The number of rotatable bonds is 7. The zero-order valence-corrected chi connectivity index (χ0v) is 13.6. The van der Waals surface area contributed by atoms with E-state index in [1.807, 2.05) is 37.3 Å². The lowest BCUT2D eigenvalue weighted by atomic mass is 10.1. The third kappa shape index (κ3) is 4.01.